The van der Waals surface area contributed by atoms with E-state index < -0.39 is 0 Å². The second-order valence-corrected chi connectivity index (χ2v) is 10.5. The number of carbonyl (C=O) groups is 2. The topological polar surface area (TPSA) is 34.1 Å². The van der Waals surface area contributed by atoms with Crippen LogP contribution in [0.25, 0.3) is 0 Å². The Hall–Kier alpha value is -1.09. The molecule has 0 aromatic carbocycles. The highest BCUT2D eigenvalue weighted by Gasteiger charge is 2.64. The lowest BCUT2D eigenvalue weighted by molar-refractivity contribution is -0.127. The molecule has 4 atom stereocenters. The van der Waals surface area contributed by atoms with E-state index in [0.717, 1.165) is 38.5 Å². The third-order valence-corrected chi connectivity index (χ3v) is 9.43. The third-order valence-electron chi connectivity index (χ3n) is 8.55. The van der Waals surface area contributed by atoms with Gasteiger partial charge in [0.1, 0.15) is 11.6 Å². The largest absolute Gasteiger partial charge is 0.299 e. The van der Waals surface area contributed by atoms with Crippen molar-refractivity contribution >= 4 is 23.3 Å². The fourth-order valence-electron chi connectivity index (χ4n) is 6.91. The minimum Gasteiger partial charge on any atom is -0.299 e. The van der Waals surface area contributed by atoms with Crippen LogP contribution in [0.15, 0.2) is 34.4 Å². The fraction of sp³-hybridized carbons (Fsp3) is 0.652. The molecule has 1 spiro atoms. The Balaban J connectivity index is 1.69. The fourth-order valence-corrected chi connectivity index (χ4v) is 7.72. The molecule has 0 bridgehead atoms. The normalized spacial score (nSPS) is 44.2. The molecular weight excluding hydrogens is 340 g/mol. The van der Waals surface area contributed by atoms with Crippen molar-refractivity contribution in [2.75, 3.05) is 6.26 Å². The van der Waals surface area contributed by atoms with E-state index in [2.05, 4.69) is 32.3 Å². The number of ketones is 2. The summed E-state index contributed by atoms with van der Waals surface area (Å²) in [5.41, 5.74) is 5.73. The first-order valence-corrected chi connectivity index (χ1v) is 11.4. The van der Waals surface area contributed by atoms with Crippen LogP contribution in [-0.2, 0) is 9.59 Å². The van der Waals surface area contributed by atoms with Crippen molar-refractivity contribution in [2.24, 2.45) is 16.2 Å². The minimum atomic E-state index is -0.216. The maximum absolute atomic E-state index is 13.2. The molecule has 2 fully saturated rings. The number of hydrogen-bond acceptors (Lipinski definition) is 3. The SMILES string of the molecule is CS[C@@H]1C=C2CC(=O)CCC2(C)C2=C1C1=CC[C@@]3(C)CCC(=O)[C@@]13CC2. The van der Waals surface area contributed by atoms with Gasteiger partial charge in [0.25, 0.3) is 0 Å². The van der Waals surface area contributed by atoms with Gasteiger partial charge in [0, 0.05) is 29.9 Å². The van der Waals surface area contributed by atoms with E-state index in [1.165, 1.54) is 16.7 Å². The summed E-state index contributed by atoms with van der Waals surface area (Å²) >= 11 is 1.87. The highest BCUT2D eigenvalue weighted by atomic mass is 32.2. The zero-order valence-electron chi connectivity index (χ0n) is 16.1. The lowest BCUT2D eigenvalue weighted by atomic mass is 9.53. The molecule has 0 heterocycles. The van der Waals surface area contributed by atoms with Gasteiger partial charge >= 0.3 is 0 Å². The molecule has 26 heavy (non-hydrogen) atoms. The van der Waals surface area contributed by atoms with Gasteiger partial charge in [-0.15, -0.1) is 0 Å². The zero-order valence-corrected chi connectivity index (χ0v) is 16.9. The van der Waals surface area contributed by atoms with Crippen LogP contribution >= 0.6 is 11.8 Å². The highest BCUT2D eigenvalue weighted by molar-refractivity contribution is 7.99. The molecule has 0 aliphatic heterocycles. The second kappa shape index (κ2) is 5.25. The number of fused-ring (bicyclic) bond motifs is 3. The molecule has 0 N–H and O–H groups in total. The van der Waals surface area contributed by atoms with Crippen LogP contribution in [0.5, 0.6) is 0 Å². The highest BCUT2D eigenvalue weighted by Crippen LogP contribution is 2.70. The molecular formula is C23H28O2S. The van der Waals surface area contributed by atoms with E-state index in [1.807, 2.05) is 11.8 Å². The van der Waals surface area contributed by atoms with Gasteiger partial charge in [-0.05, 0) is 54.9 Å². The smallest absolute Gasteiger partial charge is 0.143 e. The van der Waals surface area contributed by atoms with Crippen LogP contribution in [0.1, 0.15) is 65.2 Å². The maximum Gasteiger partial charge on any atom is 0.143 e. The summed E-state index contributed by atoms with van der Waals surface area (Å²) in [6.45, 7) is 4.71. The minimum absolute atomic E-state index is 0.0402. The predicted octanol–water partition coefficient (Wildman–Crippen LogP) is 5.19. The van der Waals surface area contributed by atoms with Crippen molar-refractivity contribution in [2.45, 2.75) is 70.5 Å². The number of hydrogen-bond donors (Lipinski definition) is 0. The van der Waals surface area contributed by atoms with Gasteiger partial charge in [0.05, 0.1) is 5.41 Å². The quantitative estimate of drug-likeness (QED) is 0.597. The Labute approximate surface area is 160 Å². The maximum atomic E-state index is 13.2. The van der Waals surface area contributed by atoms with Crippen molar-refractivity contribution in [3.8, 4) is 0 Å². The summed E-state index contributed by atoms with van der Waals surface area (Å²) in [6.07, 6.45) is 14.1. The van der Waals surface area contributed by atoms with Gasteiger partial charge in [0.15, 0.2) is 0 Å². The Morgan fingerprint density at radius 2 is 1.88 bits per heavy atom. The molecule has 0 aromatic heterocycles. The molecule has 5 aliphatic rings. The molecule has 2 saturated carbocycles. The second-order valence-electron chi connectivity index (χ2n) is 9.50. The molecule has 2 nitrogen and oxygen atoms in total. The third kappa shape index (κ3) is 1.81. The van der Waals surface area contributed by atoms with Crippen LogP contribution in [0.4, 0.5) is 0 Å². The zero-order chi connectivity index (χ0) is 18.3. The first-order valence-electron chi connectivity index (χ1n) is 10.1. The number of Topliss-reactive ketones (excluding diaryl/α,β-unsaturated/α-hetero) is 2. The van der Waals surface area contributed by atoms with Crippen molar-refractivity contribution in [3.05, 3.63) is 34.4 Å². The van der Waals surface area contributed by atoms with E-state index in [1.54, 1.807) is 5.57 Å². The summed E-state index contributed by atoms with van der Waals surface area (Å²) < 4.78 is 0. The lowest BCUT2D eigenvalue weighted by Gasteiger charge is -2.51. The number of allylic oxidation sites excluding steroid dienone is 4. The molecule has 0 saturated heterocycles. The van der Waals surface area contributed by atoms with E-state index >= 15 is 0 Å². The summed E-state index contributed by atoms with van der Waals surface area (Å²) in [5, 5.41) is 0.304. The van der Waals surface area contributed by atoms with Gasteiger partial charge in [-0.25, -0.2) is 0 Å². The average Bonchev–Trinajstić information content (AvgIpc) is 3.06. The molecule has 138 valence electrons. The van der Waals surface area contributed by atoms with Crippen molar-refractivity contribution in [1.82, 2.24) is 0 Å². The van der Waals surface area contributed by atoms with E-state index in [0.29, 0.717) is 29.7 Å². The van der Waals surface area contributed by atoms with Crippen LogP contribution in [0.3, 0.4) is 0 Å². The summed E-state index contributed by atoms with van der Waals surface area (Å²) in [6, 6.07) is 0. The molecule has 0 radical (unpaired) electrons. The van der Waals surface area contributed by atoms with Crippen LogP contribution in [0.2, 0.25) is 0 Å². The molecule has 0 aromatic rings. The van der Waals surface area contributed by atoms with Crippen LogP contribution in [-0.4, -0.2) is 23.1 Å². The summed E-state index contributed by atoms with van der Waals surface area (Å²) in [5.74, 6) is 0.887. The van der Waals surface area contributed by atoms with Gasteiger partial charge in [-0.1, -0.05) is 37.1 Å². The van der Waals surface area contributed by atoms with Crippen molar-refractivity contribution in [3.63, 3.8) is 0 Å². The monoisotopic (exact) mass is 368 g/mol. The number of carbonyl (C=O) groups excluding carboxylic acids is 2. The predicted molar refractivity (Wildman–Crippen MR) is 106 cm³/mol. The number of thioether (sulfide) groups is 1. The molecule has 5 aliphatic carbocycles. The Morgan fingerprint density at radius 1 is 1.08 bits per heavy atom. The molecule has 0 amide bonds. The van der Waals surface area contributed by atoms with Gasteiger partial charge in [-0.2, -0.15) is 11.8 Å². The van der Waals surface area contributed by atoms with Gasteiger partial charge in [0.2, 0.25) is 0 Å². The summed E-state index contributed by atoms with van der Waals surface area (Å²) in [4.78, 5) is 25.3. The standard InChI is InChI=1S/C23H28O2S/c1-21-8-5-17-20-16(6-11-23(17,21)19(25)7-9-21)22(2)10-4-15(24)12-14(22)13-18(20)26-3/h5,13,18H,4,6-12H2,1-3H3/t18-,21+,22?,23-/m1/s1. The van der Waals surface area contributed by atoms with Crippen LogP contribution in [0, 0.1) is 16.2 Å². The van der Waals surface area contributed by atoms with E-state index in [-0.39, 0.29) is 16.2 Å². The summed E-state index contributed by atoms with van der Waals surface area (Å²) in [7, 11) is 0. The average molecular weight is 369 g/mol. The van der Waals surface area contributed by atoms with Gasteiger partial charge in [-0.3, -0.25) is 9.59 Å². The van der Waals surface area contributed by atoms with Gasteiger partial charge < -0.3 is 0 Å². The molecule has 1 unspecified atom stereocenters. The van der Waals surface area contributed by atoms with Crippen LogP contribution < -0.4 is 0 Å². The van der Waals surface area contributed by atoms with E-state index in [9.17, 15) is 9.59 Å². The Morgan fingerprint density at radius 3 is 2.65 bits per heavy atom. The first kappa shape index (κ1) is 17.0. The van der Waals surface area contributed by atoms with E-state index in [4.69, 9.17) is 0 Å². The molecule has 5 rings (SSSR count). The Bertz CT molecular complexity index is 831. The Kier molecular flexibility index (Phi) is 3.44. The lowest BCUT2D eigenvalue weighted by Crippen LogP contribution is -2.45. The number of rotatable bonds is 1. The van der Waals surface area contributed by atoms with Crippen molar-refractivity contribution < 1.29 is 9.59 Å². The first-order chi connectivity index (χ1) is 12.4. The van der Waals surface area contributed by atoms with Crippen molar-refractivity contribution in [1.29, 1.82) is 0 Å². The molecule has 3 heteroatoms.